The first-order chi connectivity index (χ1) is 13.0. The van der Waals surface area contributed by atoms with Gasteiger partial charge in [0.25, 0.3) is 15.9 Å². The Hall–Kier alpha value is -3.12. The molecule has 27 heavy (non-hydrogen) atoms. The average Bonchev–Trinajstić information content (AvgIpc) is 3.11. The molecule has 5 nitrogen and oxygen atoms in total. The van der Waals surface area contributed by atoms with Crippen molar-refractivity contribution in [2.45, 2.75) is 11.3 Å². The lowest BCUT2D eigenvalue weighted by molar-refractivity contribution is 0.0989. The number of carbonyl (C=O) groups excluding carboxylic acids is 1. The van der Waals surface area contributed by atoms with Gasteiger partial charge in [-0.05, 0) is 54.4 Å². The van der Waals surface area contributed by atoms with Gasteiger partial charge in [-0.3, -0.25) is 9.52 Å². The third kappa shape index (κ3) is 3.44. The van der Waals surface area contributed by atoms with Crippen LogP contribution in [0.5, 0.6) is 0 Å². The van der Waals surface area contributed by atoms with Crippen molar-refractivity contribution in [2.75, 3.05) is 16.2 Å². The van der Waals surface area contributed by atoms with Crippen LogP contribution >= 0.6 is 0 Å². The van der Waals surface area contributed by atoms with Crippen molar-refractivity contribution < 1.29 is 13.2 Å². The molecule has 136 valence electrons. The first-order valence-corrected chi connectivity index (χ1v) is 10.1. The smallest absolute Gasteiger partial charge is 0.261 e. The number of carbonyl (C=O) groups is 1. The van der Waals surface area contributed by atoms with Crippen molar-refractivity contribution in [3.8, 4) is 0 Å². The summed E-state index contributed by atoms with van der Waals surface area (Å²) < 4.78 is 27.6. The highest BCUT2D eigenvalue weighted by Gasteiger charge is 2.26. The Kier molecular flexibility index (Phi) is 4.41. The normalized spacial score (nSPS) is 13.3. The van der Waals surface area contributed by atoms with Crippen LogP contribution in [-0.4, -0.2) is 20.9 Å². The average molecular weight is 378 g/mol. The predicted molar refractivity (Wildman–Crippen MR) is 106 cm³/mol. The van der Waals surface area contributed by atoms with E-state index in [1.165, 1.54) is 0 Å². The van der Waals surface area contributed by atoms with E-state index in [0.717, 1.165) is 11.3 Å². The standard InChI is InChI=1S/C21H18N2O3S/c24-21(16-7-3-1-4-8-16)23-14-13-17-15-18(11-12-20(17)23)22-27(25,26)19-9-5-2-6-10-19/h1-12,15,22H,13-14H2. The molecule has 1 heterocycles. The number of hydrogen-bond donors (Lipinski definition) is 1. The van der Waals surface area contributed by atoms with Crippen LogP contribution in [0.25, 0.3) is 0 Å². The molecule has 1 aliphatic rings. The predicted octanol–water partition coefficient (Wildman–Crippen LogP) is 3.69. The van der Waals surface area contributed by atoms with E-state index in [0.29, 0.717) is 24.2 Å². The number of benzene rings is 3. The molecule has 1 aliphatic heterocycles. The zero-order valence-electron chi connectivity index (χ0n) is 14.5. The molecule has 4 rings (SSSR count). The fraction of sp³-hybridized carbons (Fsp3) is 0.0952. The van der Waals surface area contributed by atoms with Crippen LogP contribution in [0, 0.1) is 0 Å². The summed E-state index contributed by atoms with van der Waals surface area (Å²) in [6, 6.07) is 22.7. The van der Waals surface area contributed by atoms with E-state index in [4.69, 9.17) is 0 Å². The maximum atomic E-state index is 12.7. The highest BCUT2D eigenvalue weighted by molar-refractivity contribution is 7.92. The van der Waals surface area contributed by atoms with Crippen LogP contribution in [-0.2, 0) is 16.4 Å². The number of nitrogens with zero attached hydrogens (tertiary/aromatic N) is 1. The second-order valence-electron chi connectivity index (χ2n) is 6.33. The van der Waals surface area contributed by atoms with Gasteiger partial charge in [0.1, 0.15) is 0 Å². The lowest BCUT2D eigenvalue weighted by Crippen LogP contribution is -2.28. The Morgan fingerprint density at radius 1 is 0.889 bits per heavy atom. The number of hydrogen-bond acceptors (Lipinski definition) is 3. The van der Waals surface area contributed by atoms with Crippen molar-refractivity contribution in [1.82, 2.24) is 0 Å². The lowest BCUT2D eigenvalue weighted by Gasteiger charge is -2.18. The first kappa shape index (κ1) is 17.3. The van der Waals surface area contributed by atoms with Gasteiger partial charge in [-0.2, -0.15) is 0 Å². The van der Waals surface area contributed by atoms with Gasteiger partial charge in [-0.25, -0.2) is 8.42 Å². The first-order valence-electron chi connectivity index (χ1n) is 8.62. The largest absolute Gasteiger partial charge is 0.308 e. The second kappa shape index (κ2) is 6.89. The molecule has 3 aromatic carbocycles. The Labute approximate surface area is 158 Å². The minimum Gasteiger partial charge on any atom is -0.308 e. The molecule has 0 radical (unpaired) electrons. The third-order valence-electron chi connectivity index (χ3n) is 4.55. The van der Waals surface area contributed by atoms with Crippen LogP contribution in [0.4, 0.5) is 11.4 Å². The van der Waals surface area contributed by atoms with Crippen LogP contribution in [0.15, 0.2) is 83.8 Å². The Morgan fingerprint density at radius 2 is 1.56 bits per heavy atom. The van der Waals surface area contributed by atoms with Gasteiger partial charge in [0, 0.05) is 23.5 Å². The maximum Gasteiger partial charge on any atom is 0.261 e. The molecule has 6 heteroatoms. The maximum absolute atomic E-state index is 12.7. The molecule has 0 unspecified atom stereocenters. The van der Waals surface area contributed by atoms with E-state index in [-0.39, 0.29) is 10.8 Å². The van der Waals surface area contributed by atoms with Crippen molar-refractivity contribution >= 4 is 27.3 Å². The zero-order valence-corrected chi connectivity index (χ0v) is 15.3. The van der Waals surface area contributed by atoms with Crippen molar-refractivity contribution in [3.63, 3.8) is 0 Å². The van der Waals surface area contributed by atoms with E-state index in [2.05, 4.69) is 4.72 Å². The van der Waals surface area contributed by atoms with Crippen molar-refractivity contribution in [1.29, 1.82) is 0 Å². The monoisotopic (exact) mass is 378 g/mol. The fourth-order valence-electron chi connectivity index (χ4n) is 3.23. The summed E-state index contributed by atoms with van der Waals surface area (Å²) in [5.74, 6) is -0.0491. The summed E-state index contributed by atoms with van der Waals surface area (Å²) in [7, 11) is -3.63. The lowest BCUT2D eigenvalue weighted by atomic mass is 10.1. The van der Waals surface area contributed by atoms with Gasteiger partial charge in [-0.1, -0.05) is 36.4 Å². The van der Waals surface area contributed by atoms with E-state index in [1.807, 2.05) is 18.2 Å². The summed E-state index contributed by atoms with van der Waals surface area (Å²) in [5.41, 5.74) is 2.91. The van der Waals surface area contributed by atoms with E-state index < -0.39 is 10.0 Å². The minimum atomic E-state index is -3.63. The number of rotatable bonds is 4. The molecule has 0 aliphatic carbocycles. The number of sulfonamides is 1. The molecule has 0 saturated carbocycles. The van der Waals surface area contributed by atoms with Gasteiger partial charge < -0.3 is 4.90 Å². The third-order valence-corrected chi connectivity index (χ3v) is 5.94. The van der Waals surface area contributed by atoms with E-state index in [1.54, 1.807) is 65.6 Å². The quantitative estimate of drug-likeness (QED) is 0.753. The molecule has 3 aromatic rings. The van der Waals surface area contributed by atoms with Gasteiger partial charge >= 0.3 is 0 Å². The molecule has 0 saturated heterocycles. The Morgan fingerprint density at radius 3 is 2.26 bits per heavy atom. The molecule has 0 spiro atoms. The topological polar surface area (TPSA) is 66.5 Å². The summed E-state index contributed by atoms with van der Waals surface area (Å²) in [6.45, 7) is 0.581. The van der Waals surface area contributed by atoms with Gasteiger partial charge in [0.15, 0.2) is 0 Å². The van der Waals surface area contributed by atoms with Crippen LogP contribution < -0.4 is 9.62 Å². The molecule has 0 bridgehead atoms. The van der Waals surface area contributed by atoms with E-state index >= 15 is 0 Å². The Bertz CT molecular complexity index is 1080. The number of anilines is 2. The van der Waals surface area contributed by atoms with Gasteiger partial charge in [-0.15, -0.1) is 0 Å². The number of fused-ring (bicyclic) bond motifs is 1. The molecule has 1 N–H and O–H groups in total. The summed E-state index contributed by atoms with van der Waals surface area (Å²) in [5, 5.41) is 0. The highest BCUT2D eigenvalue weighted by Crippen LogP contribution is 2.32. The van der Waals surface area contributed by atoms with Crippen LogP contribution in [0.1, 0.15) is 15.9 Å². The van der Waals surface area contributed by atoms with Crippen molar-refractivity contribution in [3.05, 3.63) is 90.0 Å². The highest BCUT2D eigenvalue weighted by atomic mass is 32.2. The van der Waals surface area contributed by atoms with Gasteiger partial charge in [0.05, 0.1) is 4.90 Å². The minimum absolute atomic E-state index is 0.0491. The number of amides is 1. The Balaban J connectivity index is 1.58. The summed E-state index contributed by atoms with van der Waals surface area (Å²) in [4.78, 5) is 14.7. The molecule has 0 atom stereocenters. The number of nitrogens with one attached hydrogen (secondary N) is 1. The zero-order chi connectivity index (χ0) is 18.9. The molecule has 0 fully saturated rings. The summed E-state index contributed by atoms with van der Waals surface area (Å²) in [6.07, 6.45) is 0.689. The van der Waals surface area contributed by atoms with Crippen LogP contribution in [0.3, 0.4) is 0 Å². The summed E-state index contributed by atoms with van der Waals surface area (Å²) >= 11 is 0. The van der Waals surface area contributed by atoms with Crippen LogP contribution in [0.2, 0.25) is 0 Å². The molecular formula is C21H18N2O3S. The van der Waals surface area contributed by atoms with Gasteiger partial charge in [0.2, 0.25) is 0 Å². The molecular weight excluding hydrogens is 360 g/mol. The molecule has 0 aromatic heterocycles. The fourth-order valence-corrected chi connectivity index (χ4v) is 4.30. The van der Waals surface area contributed by atoms with Crippen molar-refractivity contribution in [2.24, 2.45) is 0 Å². The second-order valence-corrected chi connectivity index (χ2v) is 8.02. The van der Waals surface area contributed by atoms with E-state index in [9.17, 15) is 13.2 Å². The SMILES string of the molecule is O=C(c1ccccc1)N1CCc2cc(NS(=O)(=O)c3ccccc3)ccc21. The molecule has 1 amide bonds.